The summed E-state index contributed by atoms with van der Waals surface area (Å²) in [7, 11) is 0. The van der Waals surface area contributed by atoms with Crippen molar-refractivity contribution in [2.24, 2.45) is 0 Å². The van der Waals surface area contributed by atoms with Gasteiger partial charge in [-0.1, -0.05) is 12.2 Å². The van der Waals surface area contributed by atoms with E-state index in [0.717, 1.165) is 0 Å². The second kappa shape index (κ2) is 9.97. The molecule has 0 aliphatic rings. The Bertz CT molecular complexity index is 1080. The van der Waals surface area contributed by atoms with Gasteiger partial charge < -0.3 is 10.4 Å². The topological polar surface area (TPSA) is 49.3 Å². The molecular formula is C24H21F6NO2. The number of allylic oxidation sites excluding steroid dienone is 5. The first-order chi connectivity index (χ1) is 15.2. The first-order valence-electron chi connectivity index (χ1n) is 9.60. The van der Waals surface area contributed by atoms with Crippen molar-refractivity contribution >= 4 is 17.2 Å². The third-order valence-electron chi connectivity index (χ3n) is 4.70. The summed E-state index contributed by atoms with van der Waals surface area (Å²) in [5.41, 5.74) is -1.36. The van der Waals surface area contributed by atoms with E-state index in [1.54, 1.807) is 13.8 Å². The number of nitrogens with one attached hydrogen (secondary N) is 1. The van der Waals surface area contributed by atoms with Gasteiger partial charge in [-0.3, -0.25) is 4.79 Å². The highest BCUT2D eigenvalue weighted by Crippen LogP contribution is 2.38. The Hall–Kier alpha value is -3.49. The summed E-state index contributed by atoms with van der Waals surface area (Å²) in [6.07, 6.45) is -5.55. The van der Waals surface area contributed by atoms with Gasteiger partial charge in [0.25, 0.3) is 0 Å². The minimum atomic E-state index is -4.93. The van der Waals surface area contributed by atoms with E-state index in [1.807, 2.05) is 0 Å². The number of phenols is 1. The van der Waals surface area contributed by atoms with E-state index in [1.165, 1.54) is 49.4 Å². The molecular weight excluding hydrogens is 448 g/mol. The van der Waals surface area contributed by atoms with E-state index in [-0.39, 0.29) is 23.0 Å². The van der Waals surface area contributed by atoms with Crippen LogP contribution in [0.1, 0.15) is 37.5 Å². The van der Waals surface area contributed by atoms with Gasteiger partial charge in [0.15, 0.2) is 0 Å². The molecule has 0 atom stereocenters. The van der Waals surface area contributed by atoms with Crippen LogP contribution in [0.4, 0.5) is 32.0 Å². The van der Waals surface area contributed by atoms with Gasteiger partial charge >= 0.3 is 12.4 Å². The van der Waals surface area contributed by atoms with E-state index < -0.39 is 29.4 Å². The lowest BCUT2D eigenvalue weighted by atomic mass is 9.96. The fraction of sp³-hybridized carbons (Fsp3) is 0.208. The summed E-state index contributed by atoms with van der Waals surface area (Å²) >= 11 is 0. The van der Waals surface area contributed by atoms with Crippen molar-refractivity contribution in [2.75, 3.05) is 5.32 Å². The largest absolute Gasteiger partial charge is 0.508 e. The number of hydrogen-bond acceptors (Lipinski definition) is 2. The van der Waals surface area contributed by atoms with Crippen LogP contribution in [-0.2, 0) is 17.1 Å². The van der Waals surface area contributed by atoms with Gasteiger partial charge in [-0.15, -0.1) is 0 Å². The third-order valence-corrected chi connectivity index (χ3v) is 4.70. The lowest BCUT2D eigenvalue weighted by Crippen LogP contribution is -2.11. The number of carbonyl (C=O) groups excluding carboxylic acids is 1. The van der Waals surface area contributed by atoms with Crippen molar-refractivity contribution in [3.05, 3.63) is 88.5 Å². The van der Waals surface area contributed by atoms with Crippen LogP contribution in [0.25, 0.3) is 5.57 Å². The van der Waals surface area contributed by atoms with Crippen LogP contribution >= 0.6 is 0 Å². The molecule has 33 heavy (non-hydrogen) atoms. The number of halogens is 6. The average molecular weight is 469 g/mol. The Kier molecular flexibility index (Phi) is 7.79. The van der Waals surface area contributed by atoms with E-state index >= 15 is 0 Å². The maximum Gasteiger partial charge on any atom is 0.416 e. The predicted octanol–water partition coefficient (Wildman–Crippen LogP) is 7.36. The molecule has 0 aliphatic carbocycles. The molecule has 176 valence electrons. The van der Waals surface area contributed by atoms with Gasteiger partial charge in [0, 0.05) is 11.8 Å². The number of anilines is 1. The monoisotopic (exact) mass is 469 g/mol. The van der Waals surface area contributed by atoms with Crippen LogP contribution in [0.2, 0.25) is 0 Å². The molecule has 0 aliphatic heterocycles. The Morgan fingerprint density at radius 2 is 1.36 bits per heavy atom. The predicted molar refractivity (Wildman–Crippen MR) is 114 cm³/mol. The van der Waals surface area contributed by atoms with Crippen LogP contribution < -0.4 is 5.32 Å². The molecule has 0 aromatic heterocycles. The zero-order chi connectivity index (χ0) is 25.0. The minimum Gasteiger partial charge on any atom is -0.508 e. The molecule has 0 fully saturated rings. The van der Waals surface area contributed by atoms with Crippen molar-refractivity contribution in [3.63, 3.8) is 0 Å². The van der Waals surface area contributed by atoms with Crippen molar-refractivity contribution < 1.29 is 36.2 Å². The number of benzene rings is 2. The summed E-state index contributed by atoms with van der Waals surface area (Å²) < 4.78 is 78.6. The van der Waals surface area contributed by atoms with Crippen LogP contribution in [0, 0.1) is 0 Å². The number of phenolic OH excluding ortho intramolecular Hbond substituents is 1. The lowest BCUT2D eigenvalue weighted by molar-refractivity contribution is -0.143. The zero-order valence-electron chi connectivity index (χ0n) is 17.9. The standard InChI is InChI=1S/C24H21F6NO2/c1-14(10-22(33)31-20-6-8-21(32)9-7-20)4-5-15(2)16(3)17-11-18(23(25,26)27)13-19(12-17)24(28,29)30/h4-13,32H,1-3H3,(H,31,33)/b5-4+,14-10+,16-15+. The first-order valence-corrected chi connectivity index (χ1v) is 9.60. The van der Waals surface area contributed by atoms with Gasteiger partial charge in [0.1, 0.15) is 5.75 Å². The molecule has 2 aromatic carbocycles. The first kappa shape index (κ1) is 25.8. The molecule has 0 unspecified atom stereocenters. The van der Waals surface area contributed by atoms with Crippen molar-refractivity contribution in [1.82, 2.24) is 0 Å². The molecule has 0 saturated heterocycles. The lowest BCUT2D eigenvalue weighted by Gasteiger charge is -2.15. The van der Waals surface area contributed by atoms with E-state index in [2.05, 4.69) is 5.32 Å². The quantitative estimate of drug-likeness (QED) is 0.208. The van der Waals surface area contributed by atoms with Crippen LogP contribution in [0.5, 0.6) is 5.75 Å². The molecule has 0 bridgehead atoms. The maximum atomic E-state index is 13.1. The Morgan fingerprint density at radius 3 is 1.85 bits per heavy atom. The molecule has 1 amide bonds. The maximum absolute atomic E-state index is 13.1. The molecule has 0 heterocycles. The summed E-state index contributed by atoms with van der Waals surface area (Å²) in [6.45, 7) is 4.58. The summed E-state index contributed by atoms with van der Waals surface area (Å²) in [6, 6.07) is 7.26. The molecule has 9 heteroatoms. The van der Waals surface area contributed by atoms with Gasteiger partial charge in [0.2, 0.25) is 5.91 Å². The number of carbonyl (C=O) groups is 1. The minimum absolute atomic E-state index is 0.0448. The second-order valence-corrected chi connectivity index (χ2v) is 7.36. The molecule has 0 radical (unpaired) electrons. The third kappa shape index (κ3) is 7.55. The normalized spacial score (nSPS) is 13.8. The number of hydrogen-bond donors (Lipinski definition) is 2. The van der Waals surface area contributed by atoms with Crippen LogP contribution in [-0.4, -0.2) is 11.0 Å². The Labute approximate surface area is 186 Å². The van der Waals surface area contributed by atoms with Crippen molar-refractivity contribution in [1.29, 1.82) is 0 Å². The second-order valence-electron chi connectivity index (χ2n) is 7.36. The number of alkyl halides is 6. The summed E-state index contributed by atoms with van der Waals surface area (Å²) in [5.74, 6) is -0.405. The molecule has 2 N–H and O–H groups in total. The van der Waals surface area contributed by atoms with Gasteiger partial charge in [-0.05, 0) is 85.5 Å². The number of aromatic hydroxyl groups is 1. The Morgan fingerprint density at radius 1 is 0.848 bits per heavy atom. The zero-order valence-corrected chi connectivity index (χ0v) is 17.9. The van der Waals surface area contributed by atoms with Crippen molar-refractivity contribution in [2.45, 2.75) is 33.1 Å². The fourth-order valence-electron chi connectivity index (χ4n) is 2.76. The highest BCUT2D eigenvalue weighted by molar-refractivity contribution is 6.00. The summed E-state index contributed by atoms with van der Waals surface area (Å²) in [5, 5.41) is 11.8. The molecule has 3 nitrogen and oxygen atoms in total. The highest BCUT2D eigenvalue weighted by atomic mass is 19.4. The van der Waals surface area contributed by atoms with Gasteiger partial charge in [0.05, 0.1) is 11.1 Å². The van der Waals surface area contributed by atoms with E-state index in [0.29, 0.717) is 29.0 Å². The summed E-state index contributed by atoms with van der Waals surface area (Å²) in [4.78, 5) is 12.1. The molecule has 2 rings (SSSR count). The average Bonchev–Trinajstić information content (AvgIpc) is 2.71. The smallest absolute Gasteiger partial charge is 0.416 e. The van der Waals surface area contributed by atoms with Crippen molar-refractivity contribution in [3.8, 4) is 5.75 Å². The number of rotatable bonds is 5. The van der Waals surface area contributed by atoms with Gasteiger partial charge in [-0.25, -0.2) is 0 Å². The van der Waals surface area contributed by atoms with Crippen LogP contribution in [0.15, 0.2) is 71.8 Å². The highest BCUT2D eigenvalue weighted by Gasteiger charge is 2.37. The SMILES string of the molecule is CC(/C=C/C(C)=C(\C)c1cc(C(F)(F)F)cc(C(F)(F)F)c1)=C\C(=O)Nc1ccc(O)cc1. The van der Waals surface area contributed by atoms with E-state index in [9.17, 15) is 36.2 Å². The fourth-order valence-corrected chi connectivity index (χ4v) is 2.76. The molecule has 0 saturated carbocycles. The molecule has 2 aromatic rings. The van der Waals surface area contributed by atoms with E-state index in [4.69, 9.17) is 0 Å². The Balaban J connectivity index is 2.27. The molecule has 0 spiro atoms. The van der Waals surface area contributed by atoms with Gasteiger partial charge in [-0.2, -0.15) is 26.3 Å². The number of amides is 1. The van der Waals surface area contributed by atoms with Crippen LogP contribution in [0.3, 0.4) is 0 Å².